The number of benzene rings is 1. The van der Waals surface area contributed by atoms with Gasteiger partial charge in [0.25, 0.3) is 5.88 Å². The first-order valence-corrected chi connectivity index (χ1v) is 12.0. The molecule has 7 nitrogen and oxygen atoms in total. The van der Waals surface area contributed by atoms with Crippen molar-refractivity contribution in [1.29, 1.82) is 0 Å². The van der Waals surface area contributed by atoms with Crippen molar-refractivity contribution in [2.45, 2.75) is 44.6 Å². The first-order chi connectivity index (χ1) is 16.3. The molecule has 1 aromatic carbocycles. The van der Waals surface area contributed by atoms with Gasteiger partial charge in [0.05, 0.1) is 35.5 Å². The first-order valence-electron chi connectivity index (χ1n) is 12.0. The van der Waals surface area contributed by atoms with Crippen molar-refractivity contribution in [3.8, 4) is 22.8 Å². The molecule has 0 radical (unpaired) electrons. The molecule has 1 aliphatic carbocycles. The van der Waals surface area contributed by atoms with Gasteiger partial charge in [-0.2, -0.15) is 0 Å². The molecule has 0 N–H and O–H groups in total. The van der Waals surface area contributed by atoms with Gasteiger partial charge in [-0.15, -0.1) is 0 Å². The number of carbonyl (C=O) groups is 1. The quantitative estimate of drug-likeness (QED) is 0.464. The summed E-state index contributed by atoms with van der Waals surface area (Å²) in [5, 5.41) is 1.04. The number of ether oxygens (including phenoxy) is 2. The summed E-state index contributed by atoms with van der Waals surface area (Å²) in [6.07, 6.45) is 6.38. The van der Waals surface area contributed by atoms with Crippen molar-refractivity contribution < 1.29 is 14.3 Å². The van der Waals surface area contributed by atoms with E-state index in [2.05, 4.69) is 27.0 Å². The second-order valence-electron chi connectivity index (χ2n) is 9.90. The lowest BCUT2D eigenvalue weighted by molar-refractivity contribution is -0.119. The molecule has 3 aromatic rings. The van der Waals surface area contributed by atoms with Gasteiger partial charge in [0.2, 0.25) is 5.91 Å². The molecule has 2 aromatic heterocycles. The van der Waals surface area contributed by atoms with Gasteiger partial charge >= 0.3 is 0 Å². The van der Waals surface area contributed by atoms with Gasteiger partial charge in [-0.25, -0.2) is 4.98 Å². The van der Waals surface area contributed by atoms with Crippen LogP contribution in [0.3, 0.4) is 0 Å². The molecular weight excluding hydrogens is 428 g/mol. The molecular formula is C27H32N4O3. The number of carbonyl (C=O) groups excluding carboxylic acids is 1. The number of likely N-dealkylation sites (N-methyl/N-ethyl adjacent to an activating group) is 1. The summed E-state index contributed by atoms with van der Waals surface area (Å²) in [5.74, 6) is 1.35. The Morgan fingerprint density at radius 2 is 1.91 bits per heavy atom. The minimum Gasteiger partial charge on any atom is -0.485 e. The molecule has 1 saturated carbocycles. The standard InChI is InChI=1S/C27H32N4O3/c1-17(2)34-23-14-19(15-29-25(23)33-12-6-11-30(3)4)18-7-8-21-20(13-18)24-22(16-28-21)31(5)26(32)27(24)9-10-27/h7-8,13-17H,6,9-12H2,1-5H3. The van der Waals surface area contributed by atoms with Crippen LogP contribution in [0.25, 0.3) is 22.0 Å². The average molecular weight is 461 g/mol. The van der Waals surface area contributed by atoms with E-state index in [-0.39, 0.29) is 17.4 Å². The number of nitrogens with zero attached hydrogens (tertiary/aromatic N) is 4. The summed E-state index contributed by atoms with van der Waals surface area (Å²) in [7, 11) is 5.95. The van der Waals surface area contributed by atoms with Crippen molar-refractivity contribution in [3.05, 3.63) is 42.2 Å². The zero-order valence-corrected chi connectivity index (χ0v) is 20.6. The Morgan fingerprint density at radius 3 is 2.62 bits per heavy atom. The lowest BCUT2D eigenvalue weighted by Crippen LogP contribution is -2.28. The molecule has 0 bridgehead atoms. The third kappa shape index (κ3) is 3.88. The van der Waals surface area contributed by atoms with Gasteiger partial charge in [-0.05, 0) is 71.0 Å². The summed E-state index contributed by atoms with van der Waals surface area (Å²) in [4.78, 5) is 26.1. The molecule has 1 fully saturated rings. The molecule has 178 valence electrons. The molecule has 0 atom stereocenters. The van der Waals surface area contributed by atoms with Crippen molar-refractivity contribution in [3.63, 3.8) is 0 Å². The molecule has 34 heavy (non-hydrogen) atoms. The molecule has 5 rings (SSSR count). The van der Waals surface area contributed by atoms with Crippen molar-refractivity contribution in [2.24, 2.45) is 0 Å². The summed E-state index contributed by atoms with van der Waals surface area (Å²) in [5.41, 5.74) is 4.55. The zero-order valence-electron chi connectivity index (χ0n) is 20.6. The molecule has 1 amide bonds. The Kier molecular flexibility index (Phi) is 5.68. The monoisotopic (exact) mass is 460 g/mol. The Bertz CT molecular complexity index is 1250. The summed E-state index contributed by atoms with van der Waals surface area (Å²) < 4.78 is 12.0. The van der Waals surface area contributed by atoms with E-state index < -0.39 is 0 Å². The fraction of sp³-hybridized carbons (Fsp3) is 0.444. The molecule has 1 aliphatic heterocycles. The van der Waals surface area contributed by atoms with Crippen LogP contribution in [0.15, 0.2) is 36.7 Å². The molecule has 1 spiro atoms. The number of hydrogen-bond donors (Lipinski definition) is 0. The highest BCUT2D eigenvalue weighted by Gasteiger charge is 2.59. The predicted octanol–water partition coefficient (Wildman–Crippen LogP) is 4.42. The first kappa shape index (κ1) is 22.6. The number of rotatable bonds is 8. The number of hydrogen-bond acceptors (Lipinski definition) is 6. The Balaban J connectivity index is 1.51. The maximum absolute atomic E-state index is 12.9. The summed E-state index contributed by atoms with van der Waals surface area (Å²) in [6.45, 7) is 5.52. The largest absolute Gasteiger partial charge is 0.485 e. The number of anilines is 1. The van der Waals surface area contributed by atoms with E-state index in [1.807, 2.05) is 59.5 Å². The smallest absolute Gasteiger partial charge is 0.257 e. The highest BCUT2D eigenvalue weighted by Crippen LogP contribution is 2.58. The third-order valence-electron chi connectivity index (χ3n) is 6.65. The van der Waals surface area contributed by atoms with E-state index in [4.69, 9.17) is 9.47 Å². The minimum absolute atomic E-state index is 0.00141. The van der Waals surface area contributed by atoms with Crippen LogP contribution >= 0.6 is 0 Å². The topological polar surface area (TPSA) is 67.8 Å². The number of aromatic nitrogens is 2. The Hall–Kier alpha value is -3.19. The fourth-order valence-corrected chi connectivity index (χ4v) is 4.83. The second kappa shape index (κ2) is 8.55. The van der Waals surface area contributed by atoms with Crippen LogP contribution in [0.4, 0.5) is 5.69 Å². The van der Waals surface area contributed by atoms with Crippen LogP contribution in [0, 0.1) is 0 Å². The van der Waals surface area contributed by atoms with Crippen LogP contribution in [0.1, 0.15) is 38.7 Å². The summed E-state index contributed by atoms with van der Waals surface area (Å²) >= 11 is 0. The normalized spacial score (nSPS) is 16.1. The number of pyridine rings is 2. The van der Waals surface area contributed by atoms with E-state index in [9.17, 15) is 4.79 Å². The highest BCUT2D eigenvalue weighted by atomic mass is 16.5. The minimum atomic E-state index is -0.363. The second-order valence-corrected chi connectivity index (χ2v) is 9.90. The van der Waals surface area contributed by atoms with E-state index in [1.54, 1.807) is 4.90 Å². The zero-order chi connectivity index (χ0) is 24.0. The SMILES string of the molecule is CC(C)Oc1cc(-c2ccc3ncc4c(c3c2)C2(CC2)C(=O)N4C)cnc1OCCCN(C)C. The van der Waals surface area contributed by atoms with Crippen LogP contribution in [0.5, 0.6) is 11.6 Å². The van der Waals surface area contributed by atoms with E-state index in [0.29, 0.717) is 18.2 Å². The third-order valence-corrected chi connectivity index (χ3v) is 6.65. The van der Waals surface area contributed by atoms with Crippen molar-refractivity contribution in [2.75, 3.05) is 39.2 Å². The number of fused-ring (bicyclic) bond motifs is 4. The van der Waals surface area contributed by atoms with Gasteiger partial charge < -0.3 is 19.3 Å². The molecule has 2 aliphatic rings. The van der Waals surface area contributed by atoms with E-state index >= 15 is 0 Å². The van der Waals surface area contributed by atoms with Crippen molar-refractivity contribution >= 4 is 22.5 Å². The molecule has 0 unspecified atom stereocenters. The van der Waals surface area contributed by atoms with Crippen LogP contribution < -0.4 is 14.4 Å². The van der Waals surface area contributed by atoms with Crippen molar-refractivity contribution in [1.82, 2.24) is 14.9 Å². The van der Waals surface area contributed by atoms with Gasteiger partial charge in [-0.1, -0.05) is 6.07 Å². The van der Waals surface area contributed by atoms with Crippen LogP contribution in [-0.2, 0) is 10.2 Å². The Morgan fingerprint density at radius 1 is 1.12 bits per heavy atom. The highest BCUT2D eigenvalue weighted by molar-refractivity contribution is 6.14. The van der Waals surface area contributed by atoms with Gasteiger partial charge in [0, 0.05) is 36.3 Å². The lowest BCUT2D eigenvalue weighted by Gasteiger charge is -2.16. The van der Waals surface area contributed by atoms with Gasteiger partial charge in [0.1, 0.15) is 0 Å². The molecule has 3 heterocycles. The molecule has 0 saturated heterocycles. The van der Waals surface area contributed by atoms with Crippen LogP contribution in [-0.4, -0.2) is 61.2 Å². The van der Waals surface area contributed by atoms with E-state index in [0.717, 1.165) is 59.1 Å². The predicted molar refractivity (Wildman–Crippen MR) is 134 cm³/mol. The van der Waals surface area contributed by atoms with E-state index in [1.165, 1.54) is 0 Å². The maximum Gasteiger partial charge on any atom is 0.257 e. The number of amides is 1. The van der Waals surface area contributed by atoms with Crippen LogP contribution in [0.2, 0.25) is 0 Å². The Labute approximate surface area is 200 Å². The lowest BCUT2D eigenvalue weighted by atomic mass is 9.92. The van der Waals surface area contributed by atoms with Gasteiger partial charge in [-0.3, -0.25) is 9.78 Å². The average Bonchev–Trinajstić information content (AvgIpc) is 3.58. The molecule has 7 heteroatoms. The summed E-state index contributed by atoms with van der Waals surface area (Å²) in [6, 6.07) is 8.21. The fourth-order valence-electron chi connectivity index (χ4n) is 4.83. The maximum atomic E-state index is 12.9. The van der Waals surface area contributed by atoms with Gasteiger partial charge in [0.15, 0.2) is 5.75 Å².